The summed E-state index contributed by atoms with van der Waals surface area (Å²) in [5.74, 6) is 0.0135. The van der Waals surface area contributed by atoms with E-state index in [0.717, 1.165) is 31.9 Å². The highest BCUT2D eigenvalue weighted by Crippen LogP contribution is 2.33. The van der Waals surface area contributed by atoms with E-state index in [1.807, 2.05) is 32.0 Å². The minimum Gasteiger partial charge on any atom is -0.267 e. The fourth-order valence-electron chi connectivity index (χ4n) is 4.63. The average molecular weight is 663 g/mol. The number of thiazole rings is 1. The number of carbonyl (C=O) groups is 1. The van der Waals surface area contributed by atoms with E-state index < -0.39 is 20.9 Å². The van der Waals surface area contributed by atoms with Crippen molar-refractivity contribution in [1.82, 2.24) is 9.29 Å². The lowest BCUT2D eigenvalue weighted by Gasteiger charge is -2.34. The molecule has 4 aromatic rings. The van der Waals surface area contributed by atoms with Crippen LogP contribution in [0.4, 0.5) is 10.1 Å². The Labute approximate surface area is 247 Å². The molecule has 0 N–H and O–H groups in total. The highest BCUT2D eigenvalue weighted by Gasteiger charge is 2.32. The summed E-state index contributed by atoms with van der Waals surface area (Å²) in [4.78, 5) is 29.4. The van der Waals surface area contributed by atoms with Gasteiger partial charge in [-0.15, -0.1) is 0 Å². The van der Waals surface area contributed by atoms with Gasteiger partial charge >= 0.3 is 5.00 Å². The number of hydrogen-bond acceptors (Lipinski definition) is 9. The Morgan fingerprint density at radius 3 is 2.48 bits per heavy atom. The first kappa shape index (κ1) is 28.5. The Morgan fingerprint density at radius 2 is 1.82 bits per heavy atom. The normalized spacial score (nSPS) is 18.4. The number of anilines is 1. The van der Waals surface area contributed by atoms with Crippen molar-refractivity contribution < 1.29 is 18.1 Å². The summed E-state index contributed by atoms with van der Waals surface area (Å²) in [6.07, 6.45) is 2.35. The van der Waals surface area contributed by atoms with Gasteiger partial charge in [-0.1, -0.05) is 52.5 Å². The zero-order chi connectivity index (χ0) is 28.6. The Balaban J connectivity index is 1.46. The summed E-state index contributed by atoms with van der Waals surface area (Å²) < 4.78 is 29.8. The highest BCUT2D eigenvalue weighted by atomic mass is 79.9. The van der Waals surface area contributed by atoms with Gasteiger partial charge in [-0.05, 0) is 66.8 Å². The zero-order valence-corrected chi connectivity index (χ0v) is 25.5. The molecule has 2 aromatic carbocycles. The van der Waals surface area contributed by atoms with Gasteiger partial charge in [0.25, 0.3) is 5.91 Å². The molecule has 2 aromatic heterocycles. The number of piperidine rings is 1. The van der Waals surface area contributed by atoms with Crippen LogP contribution in [0.25, 0.3) is 10.2 Å². The SMILES string of the molecule is CC1CC(C)CN(S(=O)(=O)c2ccc(C(=O)N(/N=C/c3ccc([N+](=O)[O-])s3)c3nc4ccc(Br)cc4s3)cc2)C1. The van der Waals surface area contributed by atoms with Crippen molar-refractivity contribution >= 4 is 81.1 Å². The van der Waals surface area contributed by atoms with Gasteiger partial charge in [-0.3, -0.25) is 14.9 Å². The van der Waals surface area contributed by atoms with E-state index in [9.17, 15) is 23.3 Å². The van der Waals surface area contributed by atoms with Crippen molar-refractivity contribution in [2.45, 2.75) is 25.2 Å². The first-order valence-electron chi connectivity index (χ1n) is 12.3. The fraction of sp³-hybridized carbons (Fsp3) is 0.269. The van der Waals surface area contributed by atoms with Crippen molar-refractivity contribution in [3.05, 3.63) is 79.6 Å². The molecule has 1 saturated heterocycles. The predicted octanol–water partition coefficient (Wildman–Crippen LogP) is 6.38. The standard InChI is InChI=1S/C26H24BrN5O5S3/c1-16-11-17(2)15-30(14-16)40(36,37)21-7-3-18(4-8-21)25(33)31(28-13-20-6-10-24(38-20)32(34)35)26-29-22-9-5-19(27)12-23(22)39-26/h3-10,12-13,16-17H,11,14-15H2,1-2H3/b28-13+. The van der Waals surface area contributed by atoms with Crippen LogP contribution in [-0.4, -0.2) is 47.8 Å². The number of fused-ring (bicyclic) bond motifs is 1. The second kappa shape index (κ2) is 11.4. The van der Waals surface area contributed by atoms with Gasteiger partial charge in [0.2, 0.25) is 15.2 Å². The quantitative estimate of drug-likeness (QED) is 0.129. The largest absolute Gasteiger partial charge is 0.324 e. The van der Waals surface area contributed by atoms with Crippen molar-refractivity contribution in [3.8, 4) is 0 Å². The number of nitro groups is 1. The number of amides is 1. The molecule has 0 spiro atoms. The van der Waals surface area contributed by atoms with Crippen LogP contribution in [0.15, 0.2) is 69.1 Å². The van der Waals surface area contributed by atoms with Gasteiger partial charge in [-0.25, -0.2) is 13.4 Å². The van der Waals surface area contributed by atoms with Crippen molar-refractivity contribution in [1.29, 1.82) is 0 Å². The van der Waals surface area contributed by atoms with Gasteiger partial charge in [0.1, 0.15) is 0 Å². The van der Waals surface area contributed by atoms with Gasteiger partial charge in [0.05, 0.1) is 31.1 Å². The minimum atomic E-state index is -3.70. The predicted molar refractivity (Wildman–Crippen MR) is 161 cm³/mol. The van der Waals surface area contributed by atoms with Crippen molar-refractivity contribution in [2.24, 2.45) is 16.9 Å². The molecule has 1 amide bonds. The zero-order valence-electron chi connectivity index (χ0n) is 21.4. The molecule has 3 heterocycles. The maximum Gasteiger partial charge on any atom is 0.324 e. The lowest BCUT2D eigenvalue weighted by Crippen LogP contribution is -2.42. The van der Waals surface area contributed by atoms with E-state index in [-0.39, 0.29) is 27.3 Å². The molecule has 2 unspecified atom stereocenters. The number of hydrazone groups is 1. The third kappa shape index (κ3) is 6.00. The lowest BCUT2D eigenvalue weighted by atomic mass is 9.94. The van der Waals surface area contributed by atoms with Gasteiger partial charge in [0, 0.05) is 29.2 Å². The Hall–Kier alpha value is -3.04. The summed E-state index contributed by atoms with van der Waals surface area (Å²) >= 11 is 5.63. The number of benzene rings is 2. The van der Waals surface area contributed by atoms with E-state index in [2.05, 4.69) is 26.0 Å². The molecular weight excluding hydrogens is 638 g/mol. The first-order valence-corrected chi connectivity index (χ1v) is 16.2. The van der Waals surface area contributed by atoms with Gasteiger partial charge < -0.3 is 0 Å². The van der Waals surface area contributed by atoms with Gasteiger partial charge in [0.15, 0.2) is 0 Å². The molecule has 0 aliphatic carbocycles. The number of nitrogens with zero attached hydrogens (tertiary/aromatic N) is 5. The van der Waals surface area contributed by atoms with Crippen molar-refractivity contribution in [3.63, 3.8) is 0 Å². The molecule has 0 saturated carbocycles. The summed E-state index contributed by atoms with van der Waals surface area (Å²) in [5.41, 5.74) is 0.892. The fourth-order valence-corrected chi connectivity index (χ4v) is 8.47. The van der Waals surface area contributed by atoms with E-state index in [4.69, 9.17) is 0 Å². The molecule has 1 aliphatic heterocycles. The van der Waals surface area contributed by atoms with Crippen LogP contribution in [0.3, 0.4) is 0 Å². The lowest BCUT2D eigenvalue weighted by molar-refractivity contribution is -0.380. The topological polar surface area (TPSA) is 126 Å². The third-order valence-electron chi connectivity index (χ3n) is 6.38. The molecule has 208 valence electrons. The second-order valence-electron chi connectivity index (χ2n) is 9.70. The number of sulfonamides is 1. The molecular formula is C26H24BrN5O5S3. The van der Waals surface area contributed by atoms with E-state index in [0.29, 0.717) is 28.6 Å². The van der Waals surface area contributed by atoms with Crippen LogP contribution in [0.2, 0.25) is 0 Å². The molecule has 2 atom stereocenters. The monoisotopic (exact) mass is 661 g/mol. The van der Waals surface area contributed by atoms with Crippen molar-refractivity contribution in [2.75, 3.05) is 18.1 Å². The Kier molecular flexibility index (Phi) is 8.15. The first-order chi connectivity index (χ1) is 19.0. The van der Waals surface area contributed by atoms with Crippen LogP contribution in [0, 0.1) is 22.0 Å². The Morgan fingerprint density at radius 1 is 1.12 bits per heavy atom. The van der Waals surface area contributed by atoms with Crippen LogP contribution in [0.1, 0.15) is 35.5 Å². The number of halogens is 1. The summed E-state index contributed by atoms with van der Waals surface area (Å²) in [6.45, 7) is 5.02. The highest BCUT2D eigenvalue weighted by molar-refractivity contribution is 9.10. The summed E-state index contributed by atoms with van der Waals surface area (Å²) in [5, 5.41) is 16.8. The molecule has 14 heteroatoms. The maximum absolute atomic E-state index is 13.7. The van der Waals surface area contributed by atoms with Crippen LogP contribution < -0.4 is 5.01 Å². The Bertz CT molecular complexity index is 1710. The smallest absolute Gasteiger partial charge is 0.267 e. The van der Waals surface area contributed by atoms with E-state index in [1.54, 1.807) is 6.07 Å². The molecule has 5 rings (SSSR count). The number of aromatic nitrogens is 1. The van der Waals surface area contributed by atoms with Gasteiger partial charge in [-0.2, -0.15) is 14.4 Å². The van der Waals surface area contributed by atoms with Crippen LogP contribution in [-0.2, 0) is 10.0 Å². The minimum absolute atomic E-state index is 0.0431. The van der Waals surface area contributed by atoms with E-state index in [1.165, 1.54) is 52.2 Å². The third-order valence-corrected chi connectivity index (χ3v) is 10.7. The molecule has 1 fully saturated rings. The summed E-state index contributed by atoms with van der Waals surface area (Å²) in [7, 11) is -3.70. The maximum atomic E-state index is 13.7. The molecule has 1 aliphatic rings. The van der Waals surface area contributed by atoms with E-state index >= 15 is 0 Å². The number of hydrogen-bond donors (Lipinski definition) is 0. The molecule has 0 radical (unpaired) electrons. The molecule has 40 heavy (non-hydrogen) atoms. The number of rotatable bonds is 7. The van der Waals surface area contributed by atoms with Crippen LogP contribution >= 0.6 is 38.6 Å². The molecule has 10 nitrogen and oxygen atoms in total. The number of thiophene rings is 1. The second-order valence-corrected chi connectivity index (χ2v) is 14.7. The average Bonchev–Trinajstić information content (AvgIpc) is 3.55. The number of carbonyl (C=O) groups excluding carboxylic acids is 1. The summed E-state index contributed by atoms with van der Waals surface area (Å²) in [6, 6.07) is 14.3. The van der Waals surface area contributed by atoms with Crippen LogP contribution in [0.5, 0.6) is 0 Å². The molecule has 0 bridgehead atoms.